The van der Waals surface area contributed by atoms with E-state index in [2.05, 4.69) is 45.6 Å². The molecule has 3 rings (SSSR count). The summed E-state index contributed by atoms with van der Waals surface area (Å²) in [7, 11) is 1.67. The van der Waals surface area contributed by atoms with E-state index in [0.29, 0.717) is 0 Å². The van der Waals surface area contributed by atoms with Crippen LogP contribution in [0.25, 0.3) is 10.8 Å². The summed E-state index contributed by atoms with van der Waals surface area (Å²) < 4.78 is 0. The van der Waals surface area contributed by atoms with Crippen LogP contribution >= 0.6 is 0 Å². The van der Waals surface area contributed by atoms with Gasteiger partial charge in [-0.15, -0.1) is 5.11 Å². The molecule has 0 heterocycles. The van der Waals surface area contributed by atoms with Crippen molar-refractivity contribution in [3.63, 3.8) is 0 Å². The highest BCUT2D eigenvalue weighted by atomic mass is 15.1. The van der Waals surface area contributed by atoms with Crippen molar-refractivity contribution in [3.05, 3.63) is 65.7 Å². The van der Waals surface area contributed by atoms with Gasteiger partial charge in [0, 0.05) is 17.8 Å². The summed E-state index contributed by atoms with van der Waals surface area (Å²) in [5.41, 5.74) is 4.87. The third kappa shape index (κ3) is 3.31. The van der Waals surface area contributed by atoms with Crippen molar-refractivity contribution in [2.45, 2.75) is 13.8 Å². The van der Waals surface area contributed by atoms with Gasteiger partial charge in [0.15, 0.2) is 0 Å². The minimum Gasteiger partial charge on any atom is -0.192 e. The Morgan fingerprint density at radius 1 is 0.652 bits per heavy atom. The van der Waals surface area contributed by atoms with E-state index in [9.17, 15) is 0 Å². The molecule has 0 aliphatic heterocycles. The number of hydrogen-bond acceptors (Lipinski definition) is 4. The third-order valence-corrected chi connectivity index (χ3v) is 3.61. The van der Waals surface area contributed by atoms with Gasteiger partial charge in [0.05, 0.1) is 17.1 Å². The molecule has 4 nitrogen and oxygen atoms in total. The molecule has 0 aliphatic rings. The van der Waals surface area contributed by atoms with E-state index in [1.165, 1.54) is 11.1 Å². The van der Waals surface area contributed by atoms with E-state index in [1.807, 2.05) is 43.3 Å². The Morgan fingerprint density at radius 2 is 1.39 bits per heavy atom. The summed E-state index contributed by atoms with van der Waals surface area (Å²) in [5, 5.41) is 18.9. The van der Waals surface area contributed by atoms with Crippen LogP contribution in [0.3, 0.4) is 0 Å². The molecule has 0 saturated carbocycles. The molecule has 3 aromatic carbocycles. The average molecular weight is 302 g/mol. The number of rotatable bonds is 3. The van der Waals surface area contributed by atoms with Gasteiger partial charge in [-0.1, -0.05) is 29.8 Å². The summed E-state index contributed by atoms with van der Waals surface area (Å²) in [6.45, 7) is 4.11. The van der Waals surface area contributed by atoms with Gasteiger partial charge in [0.2, 0.25) is 0 Å². The molecule has 0 N–H and O–H groups in total. The Kier molecular flexibility index (Phi) is 4.24. The van der Waals surface area contributed by atoms with Gasteiger partial charge >= 0.3 is 0 Å². The zero-order valence-electron chi connectivity index (χ0n) is 13.5. The second-order valence-electron chi connectivity index (χ2n) is 5.49. The van der Waals surface area contributed by atoms with Crippen LogP contribution in [-0.4, -0.2) is 7.05 Å². The lowest BCUT2D eigenvalue weighted by atomic mass is 10.0. The zero-order chi connectivity index (χ0) is 16.2. The Hall–Kier alpha value is -2.88. The number of fused-ring (bicyclic) bond motifs is 1. The average Bonchev–Trinajstić information content (AvgIpc) is 2.54. The molecular weight excluding hydrogens is 284 g/mol. The SMILES string of the molecule is C/N=N/c1ccc(/N=N/c2cccc(C)c2)c2cc(C)ccc12. The lowest BCUT2D eigenvalue weighted by Gasteiger charge is -2.05. The summed E-state index contributed by atoms with van der Waals surface area (Å²) in [4.78, 5) is 0. The molecule has 4 heteroatoms. The smallest absolute Gasteiger partial charge is 0.0937 e. The second kappa shape index (κ2) is 6.48. The predicted octanol–water partition coefficient (Wildman–Crippen LogP) is 6.59. The van der Waals surface area contributed by atoms with Crippen LogP contribution in [0.5, 0.6) is 0 Å². The van der Waals surface area contributed by atoms with Gasteiger partial charge in [-0.2, -0.15) is 15.3 Å². The highest BCUT2D eigenvalue weighted by molar-refractivity contribution is 6.00. The van der Waals surface area contributed by atoms with Crippen molar-refractivity contribution in [1.82, 2.24) is 0 Å². The first kappa shape index (κ1) is 15.0. The number of benzene rings is 3. The Bertz CT molecular complexity index is 910. The van der Waals surface area contributed by atoms with Crippen LogP contribution in [0, 0.1) is 13.8 Å². The molecule has 114 valence electrons. The Balaban J connectivity index is 2.11. The minimum atomic E-state index is 0.834. The first-order valence-electron chi connectivity index (χ1n) is 7.49. The number of nitrogens with zero attached hydrogens (tertiary/aromatic N) is 4. The summed E-state index contributed by atoms with van der Waals surface area (Å²) >= 11 is 0. The first-order valence-corrected chi connectivity index (χ1v) is 7.49. The Morgan fingerprint density at radius 3 is 2.13 bits per heavy atom. The summed E-state index contributed by atoms with van der Waals surface area (Å²) in [6, 6.07) is 18.1. The maximum Gasteiger partial charge on any atom is 0.0937 e. The van der Waals surface area contributed by atoms with Crippen LogP contribution in [0.15, 0.2) is 75.1 Å². The van der Waals surface area contributed by atoms with Crippen molar-refractivity contribution in [1.29, 1.82) is 0 Å². The molecule has 0 bridgehead atoms. The van der Waals surface area contributed by atoms with Gasteiger partial charge in [-0.05, 0) is 49.7 Å². The van der Waals surface area contributed by atoms with Crippen molar-refractivity contribution >= 4 is 27.8 Å². The summed E-state index contributed by atoms with van der Waals surface area (Å²) in [5.74, 6) is 0. The van der Waals surface area contributed by atoms with E-state index in [4.69, 9.17) is 0 Å². The van der Waals surface area contributed by atoms with Gasteiger partial charge < -0.3 is 0 Å². The first-order chi connectivity index (χ1) is 11.2. The fourth-order valence-corrected chi connectivity index (χ4v) is 2.51. The highest BCUT2D eigenvalue weighted by Crippen LogP contribution is 2.35. The molecule has 0 fully saturated rings. The monoisotopic (exact) mass is 302 g/mol. The summed E-state index contributed by atoms with van der Waals surface area (Å²) in [6.07, 6.45) is 0. The number of azo groups is 2. The number of aryl methyl sites for hydroxylation is 2. The molecule has 0 unspecified atom stereocenters. The van der Waals surface area contributed by atoms with Crippen LogP contribution in [-0.2, 0) is 0 Å². The lowest BCUT2D eigenvalue weighted by Crippen LogP contribution is -1.78. The lowest BCUT2D eigenvalue weighted by molar-refractivity contribution is 1.17. The third-order valence-electron chi connectivity index (χ3n) is 3.61. The molecule has 0 radical (unpaired) electrons. The van der Waals surface area contributed by atoms with Crippen molar-refractivity contribution < 1.29 is 0 Å². The van der Waals surface area contributed by atoms with Gasteiger partial charge in [0.25, 0.3) is 0 Å². The molecule has 0 amide bonds. The van der Waals surface area contributed by atoms with E-state index < -0.39 is 0 Å². The standard InChI is InChI=1S/C19H18N4/c1-13-5-4-6-15(11-13)21-23-19-10-9-18(22-20-3)16-8-7-14(2)12-17(16)19/h4-12H,1-3H3/b22-20+,23-21+. The van der Waals surface area contributed by atoms with E-state index >= 15 is 0 Å². The maximum absolute atomic E-state index is 4.44. The van der Waals surface area contributed by atoms with Gasteiger partial charge in [-0.25, -0.2) is 0 Å². The fourth-order valence-electron chi connectivity index (χ4n) is 2.51. The van der Waals surface area contributed by atoms with Crippen molar-refractivity contribution in [2.75, 3.05) is 7.05 Å². The van der Waals surface area contributed by atoms with Gasteiger partial charge in [-0.3, -0.25) is 0 Å². The molecule has 0 aromatic heterocycles. The number of hydrogen-bond donors (Lipinski definition) is 0. The molecule has 3 aromatic rings. The van der Waals surface area contributed by atoms with Crippen LogP contribution in [0.2, 0.25) is 0 Å². The Labute approximate surface area is 135 Å². The topological polar surface area (TPSA) is 49.4 Å². The van der Waals surface area contributed by atoms with E-state index in [1.54, 1.807) is 7.05 Å². The fraction of sp³-hybridized carbons (Fsp3) is 0.158. The van der Waals surface area contributed by atoms with Crippen LogP contribution < -0.4 is 0 Å². The van der Waals surface area contributed by atoms with E-state index in [-0.39, 0.29) is 0 Å². The van der Waals surface area contributed by atoms with Crippen molar-refractivity contribution in [2.24, 2.45) is 20.5 Å². The second-order valence-corrected chi connectivity index (χ2v) is 5.49. The minimum absolute atomic E-state index is 0.834. The largest absolute Gasteiger partial charge is 0.192 e. The van der Waals surface area contributed by atoms with Crippen molar-refractivity contribution in [3.8, 4) is 0 Å². The molecule has 23 heavy (non-hydrogen) atoms. The van der Waals surface area contributed by atoms with Crippen LogP contribution in [0.4, 0.5) is 17.1 Å². The normalized spacial score (nSPS) is 11.8. The van der Waals surface area contributed by atoms with E-state index in [0.717, 1.165) is 27.8 Å². The molecule has 0 spiro atoms. The molecular formula is C19H18N4. The predicted molar refractivity (Wildman–Crippen MR) is 94.5 cm³/mol. The molecule has 0 saturated heterocycles. The molecule has 0 atom stereocenters. The van der Waals surface area contributed by atoms with Gasteiger partial charge in [0.1, 0.15) is 0 Å². The highest BCUT2D eigenvalue weighted by Gasteiger charge is 2.06. The molecule has 0 aliphatic carbocycles. The quantitative estimate of drug-likeness (QED) is 0.490. The van der Waals surface area contributed by atoms with Crippen LogP contribution in [0.1, 0.15) is 11.1 Å². The zero-order valence-corrected chi connectivity index (χ0v) is 13.5. The maximum atomic E-state index is 4.44.